The summed E-state index contributed by atoms with van der Waals surface area (Å²) < 4.78 is 6.79. The molecule has 1 aliphatic heterocycles. The molecule has 0 unspecified atom stereocenters. The second kappa shape index (κ2) is 7.75. The molecule has 1 fully saturated rings. The number of aryl methyl sites for hydroxylation is 1. The highest BCUT2D eigenvalue weighted by Crippen LogP contribution is 2.24. The lowest BCUT2D eigenvalue weighted by atomic mass is 10.1. The zero-order valence-electron chi connectivity index (χ0n) is 15.6. The molecule has 0 atom stereocenters. The fourth-order valence-corrected chi connectivity index (χ4v) is 3.02. The molecule has 9 heteroatoms. The van der Waals surface area contributed by atoms with Gasteiger partial charge in [-0.2, -0.15) is 4.98 Å². The van der Waals surface area contributed by atoms with Crippen molar-refractivity contribution in [2.75, 3.05) is 25.0 Å². The summed E-state index contributed by atoms with van der Waals surface area (Å²) in [7, 11) is 0. The molecule has 2 heterocycles. The summed E-state index contributed by atoms with van der Waals surface area (Å²) in [5.74, 6) is 0.861. The summed E-state index contributed by atoms with van der Waals surface area (Å²) in [5.41, 5.74) is 0.469. The molecule has 27 heavy (non-hydrogen) atoms. The summed E-state index contributed by atoms with van der Waals surface area (Å²) >= 11 is 0. The summed E-state index contributed by atoms with van der Waals surface area (Å²) in [4.78, 5) is 43.4. The Morgan fingerprint density at radius 2 is 2.11 bits per heavy atom. The van der Waals surface area contributed by atoms with Crippen molar-refractivity contribution in [2.45, 2.75) is 32.9 Å². The van der Waals surface area contributed by atoms with E-state index < -0.39 is 11.4 Å². The number of aromatic nitrogens is 3. The van der Waals surface area contributed by atoms with Gasteiger partial charge in [-0.25, -0.2) is 14.2 Å². The summed E-state index contributed by atoms with van der Waals surface area (Å²) in [6.45, 7) is 7.08. The van der Waals surface area contributed by atoms with Crippen molar-refractivity contribution in [3.63, 3.8) is 0 Å². The van der Waals surface area contributed by atoms with Gasteiger partial charge in [0.05, 0.1) is 18.7 Å². The maximum Gasteiger partial charge on any atom is 0.355 e. The van der Waals surface area contributed by atoms with Gasteiger partial charge in [0.1, 0.15) is 12.0 Å². The number of ether oxygens (including phenoxy) is 1. The zero-order valence-corrected chi connectivity index (χ0v) is 15.6. The number of nitrogens with zero attached hydrogens (tertiary/aromatic N) is 3. The van der Waals surface area contributed by atoms with E-state index in [1.54, 1.807) is 6.07 Å². The molecular formula is C18H23N5O4. The number of anilines is 2. The summed E-state index contributed by atoms with van der Waals surface area (Å²) in [6.07, 6.45) is 0.871. The van der Waals surface area contributed by atoms with Crippen LogP contribution >= 0.6 is 0 Å². The van der Waals surface area contributed by atoms with E-state index in [0.717, 1.165) is 22.2 Å². The van der Waals surface area contributed by atoms with Crippen molar-refractivity contribution in [1.82, 2.24) is 19.4 Å². The lowest BCUT2D eigenvalue weighted by Gasteiger charge is -2.37. The van der Waals surface area contributed by atoms with Crippen molar-refractivity contribution in [3.8, 4) is 5.75 Å². The van der Waals surface area contributed by atoms with Gasteiger partial charge in [0.2, 0.25) is 5.95 Å². The van der Waals surface area contributed by atoms with Crippen LogP contribution in [0.4, 0.5) is 11.6 Å². The second-order valence-electron chi connectivity index (χ2n) is 6.85. The van der Waals surface area contributed by atoms with Crippen LogP contribution < -0.4 is 21.4 Å². The zero-order chi connectivity index (χ0) is 19.6. The van der Waals surface area contributed by atoms with E-state index in [-0.39, 0.29) is 18.1 Å². The molecule has 9 nitrogen and oxygen atoms in total. The van der Waals surface area contributed by atoms with Crippen LogP contribution in [0.15, 0.2) is 27.8 Å². The molecule has 0 spiro atoms. The first kappa shape index (κ1) is 18.8. The van der Waals surface area contributed by atoms with Crippen LogP contribution in [0.5, 0.6) is 5.75 Å². The van der Waals surface area contributed by atoms with E-state index in [1.807, 2.05) is 37.8 Å². The van der Waals surface area contributed by atoms with E-state index in [0.29, 0.717) is 25.3 Å². The number of likely N-dealkylation sites (tertiary alicyclic amines) is 1. The average Bonchev–Trinajstić information content (AvgIpc) is 2.54. The fraction of sp³-hybridized carbons (Fsp3) is 0.444. The van der Waals surface area contributed by atoms with Crippen LogP contribution in [0.3, 0.4) is 0 Å². The molecule has 1 saturated heterocycles. The van der Waals surface area contributed by atoms with Gasteiger partial charge in [-0.05, 0) is 44.5 Å². The standard InChI is InChI=1S/C18H23N5O4/c1-11(2)27-15-5-4-13(8-12(15)3)19-16-20-17(25)23(18(26)21-16)14-9-22(10-14)6-7-24/h4-5,7-8,11,14H,6,9-10H2,1-3H3,(H2,19,20,21,25,26). The van der Waals surface area contributed by atoms with Crippen LogP contribution in [0.2, 0.25) is 0 Å². The molecule has 0 bridgehead atoms. The Hall–Kier alpha value is -2.94. The number of carbonyl (C=O) groups excluding carboxylic acids is 1. The van der Waals surface area contributed by atoms with Gasteiger partial charge in [-0.1, -0.05) is 0 Å². The van der Waals surface area contributed by atoms with Gasteiger partial charge in [0.15, 0.2) is 0 Å². The summed E-state index contributed by atoms with van der Waals surface area (Å²) in [5, 5.41) is 2.95. The maximum absolute atomic E-state index is 12.3. The Kier molecular flexibility index (Phi) is 5.41. The molecule has 144 valence electrons. The Labute approximate surface area is 156 Å². The fourth-order valence-electron chi connectivity index (χ4n) is 3.02. The first-order chi connectivity index (χ1) is 12.9. The highest BCUT2D eigenvalue weighted by Gasteiger charge is 2.30. The van der Waals surface area contributed by atoms with E-state index in [2.05, 4.69) is 15.3 Å². The van der Waals surface area contributed by atoms with Gasteiger partial charge < -0.3 is 14.8 Å². The molecule has 0 amide bonds. The van der Waals surface area contributed by atoms with Crippen LogP contribution in [-0.2, 0) is 4.79 Å². The van der Waals surface area contributed by atoms with Crippen molar-refractivity contribution < 1.29 is 9.53 Å². The normalized spacial score (nSPS) is 14.8. The maximum atomic E-state index is 12.3. The SMILES string of the molecule is Cc1cc(Nc2nc(=O)n(C3CN(CC=O)C3)c(=O)[nH]2)ccc1OC(C)C. The minimum Gasteiger partial charge on any atom is -0.491 e. The number of aldehydes is 1. The van der Waals surface area contributed by atoms with Crippen molar-refractivity contribution >= 4 is 17.9 Å². The Morgan fingerprint density at radius 1 is 1.37 bits per heavy atom. The molecule has 1 aliphatic rings. The quantitative estimate of drug-likeness (QED) is 0.692. The lowest BCUT2D eigenvalue weighted by Crippen LogP contribution is -2.55. The third kappa shape index (κ3) is 4.25. The van der Waals surface area contributed by atoms with Crippen LogP contribution in [0.25, 0.3) is 0 Å². The highest BCUT2D eigenvalue weighted by molar-refractivity contribution is 5.56. The number of hydrogen-bond acceptors (Lipinski definition) is 7. The second-order valence-corrected chi connectivity index (χ2v) is 6.85. The first-order valence-corrected chi connectivity index (χ1v) is 8.80. The van der Waals surface area contributed by atoms with Crippen molar-refractivity contribution in [2.24, 2.45) is 0 Å². The van der Waals surface area contributed by atoms with E-state index in [9.17, 15) is 14.4 Å². The number of carbonyl (C=O) groups is 1. The van der Waals surface area contributed by atoms with Crippen molar-refractivity contribution in [1.29, 1.82) is 0 Å². The summed E-state index contributed by atoms with van der Waals surface area (Å²) in [6, 6.07) is 5.20. The smallest absolute Gasteiger partial charge is 0.355 e. The third-order valence-electron chi connectivity index (χ3n) is 4.29. The molecule has 0 aliphatic carbocycles. The average molecular weight is 373 g/mol. The number of nitrogens with one attached hydrogen (secondary N) is 2. The number of benzene rings is 1. The number of rotatable bonds is 7. The number of hydrogen-bond donors (Lipinski definition) is 2. The molecule has 1 aromatic carbocycles. The van der Waals surface area contributed by atoms with E-state index in [4.69, 9.17) is 4.74 Å². The topological polar surface area (TPSA) is 109 Å². The monoisotopic (exact) mass is 373 g/mol. The van der Waals surface area contributed by atoms with Gasteiger partial charge in [0.25, 0.3) is 0 Å². The highest BCUT2D eigenvalue weighted by atomic mass is 16.5. The predicted octanol–water partition coefficient (Wildman–Crippen LogP) is 0.826. The van der Waals surface area contributed by atoms with Gasteiger partial charge in [0, 0.05) is 18.8 Å². The van der Waals surface area contributed by atoms with Gasteiger partial charge in [-0.15, -0.1) is 0 Å². The van der Waals surface area contributed by atoms with E-state index >= 15 is 0 Å². The van der Waals surface area contributed by atoms with Crippen LogP contribution in [0, 0.1) is 6.92 Å². The Bertz CT molecular complexity index is 912. The molecule has 2 aromatic rings. The lowest BCUT2D eigenvalue weighted by molar-refractivity contribution is -0.110. The third-order valence-corrected chi connectivity index (χ3v) is 4.29. The predicted molar refractivity (Wildman–Crippen MR) is 101 cm³/mol. The molecular weight excluding hydrogens is 350 g/mol. The Morgan fingerprint density at radius 3 is 2.70 bits per heavy atom. The Balaban J connectivity index is 1.75. The van der Waals surface area contributed by atoms with E-state index in [1.165, 1.54) is 0 Å². The number of aromatic amines is 1. The number of H-pyrrole nitrogens is 1. The molecule has 0 saturated carbocycles. The van der Waals surface area contributed by atoms with Crippen LogP contribution in [-0.4, -0.2) is 51.5 Å². The largest absolute Gasteiger partial charge is 0.491 e. The van der Waals surface area contributed by atoms with Crippen molar-refractivity contribution in [3.05, 3.63) is 44.7 Å². The minimum atomic E-state index is -0.617. The first-order valence-electron chi connectivity index (χ1n) is 8.80. The van der Waals surface area contributed by atoms with Gasteiger partial charge in [-0.3, -0.25) is 9.88 Å². The van der Waals surface area contributed by atoms with Crippen LogP contribution in [0.1, 0.15) is 25.5 Å². The molecule has 3 rings (SSSR count). The minimum absolute atomic E-state index is 0.0714. The molecule has 0 radical (unpaired) electrons. The molecule has 1 aromatic heterocycles. The van der Waals surface area contributed by atoms with Gasteiger partial charge >= 0.3 is 11.4 Å². The molecule has 2 N–H and O–H groups in total.